The molecule has 0 aliphatic heterocycles. The smallest absolute Gasteiger partial charge is 0.268 e. The molecule has 21 heavy (non-hydrogen) atoms. The van der Waals surface area contributed by atoms with Crippen molar-refractivity contribution < 1.29 is 9.47 Å². The summed E-state index contributed by atoms with van der Waals surface area (Å²) in [4.78, 5) is 8.34. The molecule has 0 fully saturated rings. The molecular formula is C15H18BrN3O2. The van der Waals surface area contributed by atoms with E-state index in [1.165, 1.54) is 6.33 Å². The largest absolute Gasteiger partial charge is 0.489 e. The average molecular weight is 352 g/mol. The molecule has 0 radical (unpaired) electrons. The van der Waals surface area contributed by atoms with Gasteiger partial charge >= 0.3 is 0 Å². The van der Waals surface area contributed by atoms with Gasteiger partial charge in [0.05, 0.1) is 7.11 Å². The third-order valence-electron chi connectivity index (χ3n) is 2.86. The fourth-order valence-electron chi connectivity index (χ4n) is 1.78. The molecule has 0 saturated heterocycles. The number of benzene rings is 1. The topological polar surface area (TPSA) is 56.3 Å². The number of nitrogens with zero attached hydrogens (tertiary/aromatic N) is 2. The molecule has 0 aliphatic rings. The van der Waals surface area contributed by atoms with Crippen LogP contribution in [0, 0.1) is 6.92 Å². The van der Waals surface area contributed by atoms with E-state index >= 15 is 0 Å². The number of rotatable bonds is 6. The fraction of sp³-hybridized carbons (Fsp3) is 0.333. The van der Waals surface area contributed by atoms with E-state index < -0.39 is 0 Å². The van der Waals surface area contributed by atoms with Crippen LogP contribution < -0.4 is 14.8 Å². The molecule has 1 aromatic carbocycles. The Labute approximate surface area is 132 Å². The summed E-state index contributed by atoms with van der Waals surface area (Å²) < 4.78 is 12.2. The van der Waals surface area contributed by atoms with Crippen LogP contribution in [0.1, 0.15) is 18.9 Å². The van der Waals surface area contributed by atoms with Gasteiger partial charge in [0, 0.05) is 11.0 Å². The van der Waals surface area contributed by atoms with Crippen LogP contribution in [0.15, 0.2) is 29.0 Å². The number of hydrogen-bond donors (Lipinski definition) is 1. The number of nitrogens with one attached hydrogen (secondary N) is 1. The third kappa shape index (κ3) is 3.85. The van der Waals surface area contributed by atoms with E-state index in [9.17, 15) is 0 Å². The Morgan fingerprint density at radius 3 is 2.76 bits per heavy atom. The predicted molar refractivity (Wildman–Crippen MR) is 86.3 cm³/mol. The number of hydrogen-bond acceptors (Lipinski definition) is 5. The Morgan fingerprint density at radius 2 is 2.10 bits per heavy atom. The maximum Gasteiger partial charge on any atom is 0.268 e. The molecule has 0 aliphatic carbocycles. The fourth-order valence-corrected chi connectivity index (χ4v) is 2.02. The van der Waals surface area contributed by atoms with Gasteiger partial charge in [0.25, 0.3) is 5.88 Å². The first-order chi connectivity index (χ1) is 10.2. The van der Waals surface area contributed by atoms with Gasteiger partial charge in [0.1, 0.15) is 12.1 Å². The maximum absolute atomic E-state index is 5.82. The molecule has 2 aromatic rings. The van der Waals surface area contributed by atoms with Crippen LogP contribution in [0.2, 0.25) is 0 Å². The highest BCUT2D eigenvalue weighted by Gasteiger charge is 2.14. The lowest BCUT2D eigenvalue weighted by molar-refractivity contribution is 0.369. The number of ether oxygens (including phenoxy) is 2. The molecular weight excluding hydrogens is 334 g/mol. The molecule has 1 aromatic heterocycles. The number of anilines is 1. The van der Waals surface area contributed by atoms with Crippen molar-refractivity contribution in [3.63, 3.8) is 0 Å². The van der Waals surface area contributed by atoms with Gasteiger partial charge in [-0.15, -0.1) is 0 Å². The Bertz CT molecular complexity index is 620. The number of halogens is 1. The molecule has 1 N–H and O–H groups in total. The van der Waals surface area contributed by atoms with Gasteiger partial charge in [-0.1, -0.05) is 22.9 Å². The van der Waals surface area contributed by atoms with E-state index in [0.29, 0.717) is 23.2 Å². The second-order valence-electron chi connectivity index (χ2n) is 4.50. The molecule has 0 spiro atoms. The first-order valence-corrected chi connectivity index (χ1v) is 7.51. The first-order valence-electron chi connectivity index (χ1n) is 6.72. The summed E-state index contributed by atoms with van der Waals surface area (Å²) in [6, 6.07) is 5.75. The lowest BCUT2D eigenvalue weighted by Gasteiger charge is -2.13. The van der Waals surface area contributed by atoms with E-state index in [1.54, 1.807) is 7.11 Å². The molecule has 0 unspecified atom stereocenters. The zero-order valence-corrected chi connectivity index (χ0v) is 13.9. The molecule has 0 amide bonds. The van der Waals surface area contributed by atoms with E-state index in [1.807, 2.05) is 25.1 Å². The van der Waals surface area contributed by atoms with Crippen LogP contribution >= 0.6 is 15.9 Å². The highest BCUT2D eigenvalue weighted by Crippen LogP contribution is 2.35. The van der Waals surface area contributed by atoms with E-state index in [-0.39, 0.29) is 0 Å². The Morgan fingerprint density at radius 1 is 1.29 bits per heavy atom. The van der Waals surface area contributed by atoms with Crippen molar-refractivity contribution in [2.45, 2.75) is 20.3 Å². The van der Waals surface area contributed by atoms with Crippen LogP contribution in [0.5, 0.6) is 17.4 Å². The summed E-state index contributed by atoms with van der Waals surface area (Å²) in [5, 5.41) is 3.20. The highest BCUT2D eigenvalue weighted by molar-refractivity contribution is 9.10. The minimum atomic E-state index is 0.396. The van der Waals surface area contributed by atoms with Gasteiger partial charge in [0.15, 0.2) is 5.82 Å². The van der Waals surface area contributed by atoms with Gasteiger partial charge in [-0.2, -0.15) is 4.98 Å². The molecule has 5 nitrogen and oxygen atoms in total. The van der Waals surface area contributed by atoms with Crippen LogP contribution in [0.3, 0.4) is 0 Å². The van der Waals surface area contributed by atoms with Gasteiger partial charge in [-0.25, -0.2) is 4.98 Å². The quantitative estimate of drug-likeness (QED) is 0.846. The number of aromatic nitrogens is 2. The maximum atomic E-state index is 5.82. The SMILES string of the molecule is CCCNc1ncnc(Oc2ccc(Br)c(C)c2)c1OC. The minimum Gasteiger partial charge on any atom is -0.489 e. The number of methoxy groups -OCH3 is 1. The Hall–Kier alpha value is -1.82. The minimum absolute atomic E-state index is 0.396. The molecule has 112 valence electrons. The van der Waals surface area contributed by atoms with E-state index in [0.717, 1.165) is 23.0 Å². The molecule has 6 heteroatoms. The van der Waals surface area contributed by atoms with E-state index in [4.69, 9.17) is 9.47 Å². The third-order valence-corrected chi connectivity index (χ3v) is 3.75. The van der Waals surface area contributed by atoms with Gasteiger partial charge < -0.3 is 14.8 Å². The van der Waals surface area contributed by atoms with Crippen molar-refractivity contribution in [1.82, 2.24) is 9.97 Å². The van der Waals surface area contributed by atoms with Crippen molar-refractivity contribution >= 4 is 21.7 Å². The standard InChI is InChI=1S/C15H18BrN3O2/c1-4-7-17-14-13(20-3)15(19-9-18-14)21-11-5-6-12(16)10(2)8-11/h5-6,8-9H,4,7H2,1-3H3,(H,17,18,19). The summed E-state index contributed by atoms with van der Waals surface area (Å²) in [6.45, 7) is 4.90. The molecule has 0 bridgehead atoms. The van der Waals surface area contributed by atoms with Crippen LogP contribution in [0.25, 0.3) is 0 Å². The van der Waals surface area contributed by atoms with Crippen molar-refractivity contribution in [1.29, 1.82) is 0 Å². The summed E-state index contributed by atoms with van der Waals surface area (Å²) >= 11 is 3.47. The number of aryl methyl sites for hydroxylation is 1. The van der Waals surface area contributed by atoms with Crippen molar-refractivity contribution in [2.24, 2.45) is 0 Å². The summed E-state index contributed by atoms with van der Waals surface area (Å²) in [7, 11) is 1.58. The normalized spacial score (nSPS) is 10.3. The zero-order chi connectivity index (χ0) is 15.2. The summed E-state index contributed by atoms with van der Waals surface area (Å²) in [5.74, 6) is 2.24. The van der Waals surface area contributed by atoms with Crippen molar-refractivity contribution in [2.75, 3.05) is 19.0 Å². The first kappa shape index (κ1) is 15.6. The molecule has 1 heterocycles. The van der Waals surface area contributed by atoms with Gasteiger partial charge in [-0.05, 0) is 37.1 Å². The molecule has 0 saturated carbocycles. The van der Waals surface area contributed by atoms with Crippen molar-refractivity contribution in [3.05, 3.63) is 34.6 Å². The van der Waals surface area contributed by atoms with E-state index in [2.05, 4.69) is 38.1 Å². The second kappa shape index (κ2) is 7.26. The van der Waals surface area contributed by atoms with Crippen LogP contribution in [-0.4, -0.2) is 23.6 Å². The average Bonchev–Trinajstić information content (AvgIpc) is 2.49. The molecule has 0 atom stereocenters. The summed E-state index contributed by atoms with van der Waals surface area (Å²) in [6.07, 6.45) is 2.46. The predicted octanol–water partition coefficient (Wildman–Crippen LogP) is 4.17. The van der Waals surface area contributed by atoms with Crippen LogP contribution in [-0.2, 0) is 0 Å². The molecule has 2 rings (SSSR count). The highest BCUT2D eigenvalue weighted by atomic mass is 79.9. The summed E-state index contributed by atoms with van der Waals surface area (Å²) in [5.41, 5.74) is 1.09. The van der Waals surface area contributed by atoms with Gasteiger partial charge in [0.2, 0.25) is 5.75 Å². The Balaban J connectivity index is 2.28. The lowest BCUT2D eigenvalue weighted by atomic mass is 10.2. The second-order valence-corrected chi connectivity index (χ2v) is 5.35. The van der Waals surface area contributed by atoms with Gasteiger partial charge in [-0.3, -0.25) is 0 Å². The Kier molecular flexibility index (Phi) is 5.38. The monoisotopic (exact) mass is 351 g/mol. The zero-order valence-electron chi connectivity index (χ0n) is 12.3. The lowest BCUT2D eigenvalue weighted by Crippen LogP contribution is -2.05. The van der Waals surface area contributed by atoms with Crippen molar-refractivity contribution in [3.8, 4) is 17.4 Å². The van der Waals surface area contributed by atoms with Crippen LogP contribution in [0.4, 0.5) is 5.82 Å².